The highest BCUT2D eigenvalue weighted by atomic mass is 19.1. The maximum absolute atomic E-state index is 17.4. The Hall–Kier alpha value is -5.69. The lowest BCUT2D eigenvalue weighted by atomic mass is 9.95. The van der Waals surface area contributed by atoms with Crippen molar-refractivity contribution in [2.24, 2.45) is 0 Å². The van der Waals surface area contributed by atoms with Gasteiger partial charge in [0.1, 0.15) is 41.4 Å². The Kier molecular flexibility index (Phi) is 16.4. The van der Waals surface area contributed by atoms with Gasteiger partial charge in [-0.1, -0.05) is 96.0 Å². The number of carbonyl (C=O) groups excluding carboxylic acids is 3. The molecule has 2 aromatic carbocycles. The Labute approximate surface area is 402 Å². The number of pyridine rings is 1. The molecule has 0 spiro atoms. The van der Waals surface area contributed by atoms with E-state index >= 15 is 8.78 Å². The molecule has 0 radical (unpaired) electrons. The van der Waals surface area contributed by atoms with E-state index < -0.39 is 48.2 Å². The van der Waals surface area contributed by atoms with Crippen molar-refractivity contribution in [2.75, 3.05) is 44.5 Å². The molecular weight excluding hydrogens is 890 g/mol. The van der Waals surface area contributed by atoms with Crippen LogP contribution in [-0.4, -0.2) is 106 Å². The predicted octanol–water partition coefficient (Wildman–Crippen LogP) is 10.8. The number of amides is 1. The first-order valence-corrected chi connectivity index (χ1v) is 25.1. The number of unbranched alkanes of at least 4 members (excludes halogenated alkanes) is 12. The fourth-order valence-electron chi connectivity index (χ4n) is 11.1. The fraction of sp³-hybridized carbons (Fsp3) is 0.585. The zero-order chi connectivity index (χ0) is 48.5. The third-order valence-electron chi connectivity index (χ3n) is 14.5. The summed E-state index contributed by atoms with van der Waals surface area (Å²) in [5, 5.41) is 0.838. The standard InChI is InChI=1S/C53H65F3N6O7/c1-4-6-7-8-9-10-11-12-13-14-15-16-17-19-45(64)67-34-68-52(65)62-38-21-22-39(62)32-60(31-38)50-43-29-57-48(42-27-40(69-35(3)63)26-36-20-23-44(55)41(5-2)46(36)42)47(56)49(43)58-51(59-50)66-33-53-24-18-25-61(53)30-37(54)28-53/h2,20,23,26-27,29,37-39H,4,6-19,21-22,24-25,28,30-34H2,1,3H3/t37-,38-,39+,53+/m1/s1. The van der Waals surface area contributed by atoms with Gasteiger partial charge in [-0.2, -0.15) is 9.97 Å². The summed E-state index contributed by atoms with van der Waals surface area (Å²) in [7, 11) is 0. The largest absolute Gasteiger partial charge is 0.461 e. The third kappa shape index (κ3) is 11.5. The number of aromatic nitrogens is 3. The summed E-state index contributed by atoms with van der Waals surface area (Å²) in [5.74, 6) is 0.182. The minimum Gasteiger partial charge on any atom is -0.461 e. The number of halogens is 3. The van der Waals surface area contributed by atoms with Gasteiger partial charge in [0.15, 0.2) is 5.82 Å². The van der Waals surface area contributed by atoms with Gasteiger partial charge in [0.05, 0.1) is 28.6 Å². The molecule has 4 aromatic rings. The number of carbonyl (C=O) groups is 3. The minimum atomic E-state index is -0.997. The second-order valence-electron chi connectivity index (χ2n) is 19.3. The van der Waals surface area contributed by atoms with Crippen molar-refractivity contribution < 1.29 is 46.5 Å². The molecule has 2 bridgehead atoms. The zero-order valence-electron chi connectivity index (χ0n) is 40.0. The first-order valence-electron chi connectivity index (χ1n) is 25.1. The molecule has 2 aromatic heterocycles. The summed E-state index contributed by atoms with van der Waals surface area (Å²) in [6, 6.07) is 4.82. The van der Waals surface area contributed by atoms with Crippen molar-refractivity contribution in [3.63, 3.8) is 0 Å². The number of piperazine rings is 1. The average molecular weight is 955 g/mol. The van der Waals surface area contributed by atoms with E-state index in [2.05, 4.69) is 27.7 Å². The van der Waals surface area contributed by atoms with Crippen LogP contribution in [0.3, 0.4) is 0 Å². The monoisotopic (exact) mass is 954 g/mol. The highest BCUT2D eigenvalue weighted by Crippen LogP contribution is 2.43. The molecule has 0 unspecified atom stereocenters. The van der Waals surface area contributed by atoms with E-state index in [0.717, 1.165) is 38.6 Å². The molecule has 16 heteroatoms. The van der Waals surface area contributed by atoms with Gasteiger partial charge in [-0.3, -0.25) is 24.4 Å². The van der Waals surface area contributed by atoms with Crippen LogP contribution in [0.4, 0.5) is 23.8 Å². The van der Waals surface area contributed by atoms with Crippen LogP contribution in [0.2, 0.25) is 0 Å². The Morgan fingerprint density at radius 2 is 1.59 bits per heavy atom. The summed E-state index contributed by atoms with van der Waals surface area (Å²) >= 11 is 0. The minimum absolute atomic E-state index is 0.0754. The van der Waals surface area contributed by atoms with Gasteiger partial charge in [-0.15, -0.1) is 6.42 Å². The molecule has 4 aliphatic heterocycles. The van der Waals surface area contributed by atoms with Gasteiger partial charge in [0.25, 0.3) is 0 Å². The third-order valence-corrected chi connectivity index (χ3v) is 14.5. The van der Waals surface area contributed by atoms with Crippen LogP contribution < -0.4 is 14.4 Å². The van der Waals surface area contributed by atoms with Gasteiger partial charge in [-0.05, 0) is 62.2 Å². The number of hydrogen-bond acceptors (Lipinski definition) is 12. The predicted molar refractivity (Wildman–Crippen MR) is 257 cm³/mol. The molecule has 4 atom stereocenters. The van der Waals surface area contributed by atoms with Crippen molar-refractivity contribution in [3.8, 4) is 35.4 Å². The number of fused-ring (bicyclic) bond motifs is 5. The molecule has 4 saturated heterocycles. The molecule has 4 fully saturated rings. The molecule has 13 nitrogen and oxygen atoms in total. The quantitative estimate of drug-likeness (QED) is 0.0244. The number of nitrogens with zero attached hydrogens (tertiary/aromatic N) is 6. The summed E-state index contributed by atoms with van der Waals surface area (Å²) in [5.41, 5.74) is -0.960. The van der Waals surface area contributed by atoms with Gasteiger partial charge >= 0.3 is 24.0 Å². The van der Waals surface area contributed by atoms with Crippen LogP contribution in [0.15, 0.2) is 30.5 Å². The number of rotatable bonds is 22. The molecule has 370 valence electrons. The van der Waals surface area contributed by atoms with Crippen LogP contribution in [0.1, 0.15) is 141 Å². The molecule has 0 N–H and O–H groups in total. The molecular formula is C53H65F3N6O7. The Bertz CT molecular complexity index is 2530. The second-order valence-corrected chi connectivity index (χ2v) is 19.3. The van der Waals surface area contributed by atoms with Gasteiger partial charge < -0.3 is 23.8 Å². The smallest absolute Gasteiger partial charge is 0.413 e. The van der Waals surface area contributed by atoms with E-state index in [-0.39, 0.29) is 70.0 Å². The maximum atomic E-state index is 17.4. The summed E-state index contributed by atoms with van der Waals surface area (Å²) < 4.78 is 69.9. The lowest BCUT2D eigenvalue weighted by Gasteiger charge is -2.41. The zero-order valence-corrected chi connectivity index (χ0v) is 40.0. The van der Waals surface area contributed by atoms with Crippen LogP contribution in [-0.2, 0) is 19.1 Å². The topological polar surface area (TPSA) is 137 Å². The number of esters is 2. The number of alkyl halides is 1. The lowest BCUT2D eigenvalue weighted by Crippen LogP contribution is -2.56. The number of benzene rings is 2. The normalized spacial score (nSPS) is 20.9. The van der Waals surface area contributed by atoms with Crippen molar-refractivity contribution in [1.82, 2.24) is 24.8 Å². The van der Waals surface area contributed by atoms with Crippen LogP contribution in [0.5, 0.6) is 11.8 Å². The molecule has 8 rings (SSSR count). The number of ether oxygens (including phenoxy) is 4. The van der Waals surface area contributed by atoms with Crippen molar-refractivity contribution in [1.29, 1.82) is 0 Å². The van der Waals surface area contributed by atoms with Crippen LogP contribution >= 0.6 is 0 Å². The lowest BCUT2D eigenvalue weighted by molar-refractivity contribution is -0.152. The van der Waals surface area contributed by atoms with Crippen LogP contribution in [0.25, 0.3) is 32.9 Å². The summed E-state index contributed by atoms with van der Waals surface area (Å²) in [6.45, 7) is 4.76. The fourth-order valence-corrected chi connectivity index (χ4v) is 11.1. The Morgan fingerprint density at radius 3 is 2.28 bits per heavy atom. The second kappa shape index (κ2) is 22.8. The molecule has 0 aliphatic carbocycles. The van der Waals surface area contributed by atoms with Crippen LogP contribution in [0, 0.1) is 24.0 Å². The van der Waals surface area contributed by atoms with E-state index in [9.17, 15) is 18.8 Å². The van der Waals surface area contributed by atoms with Crippen molar-refractivity contribution in [2.45, 2.75) is 160 Å². The van der Waals surface area contributed by atoms with E-state index in [1.54, 1.807) is 4.90 Å². The van der Waals surface area contributed by atoms with E-state index in [4.69, 9.17) is 30.4 Å². The first-order chi connectivity index (χ1) is 33.5. The first kappa shape index (κ1) is 49.7. The molecule has 1 amide bonds. The van der Waals surface area contributed by atoms with E-state index in [1.807, 2.05) is 4.90 Å². The molecule has 0 saturated carbocycles. The number of anilines is 1. The number of terminal acetylenes is 1. The SMILES string of the molecule is C#Cc1c(F)ccc2cc(OC(C)=O)cc(-c3ncc4c(N5C[C@H]6CC[C@@H](C5)N6C(=O)OCOC(=O)CCCCCCCCCCCCCCC)nc(OC[C@@]56CCCN5C[C@H](F)C6)nc4c3F)c12. The van der Waals surface area contributed by atoms with Gasteiger partial charge in [0.2, 0.25) is 6.79 Å². The van der Waals surface area contributed by atoms with E-state index in [1.165, 1.54) is 102 Å². The van der Waals surface area contributed by atoms with E-state index in [0.29, 0.717) is 50.1 Å². The highest BCUT2D eigenvalue weighted by Gasteiger charge is 2.50. The molecule has 69 heavy (non-hydrogen) atoms. The Morgan fingerprint density at radius 1 is 0.899 bits per heavy atom. The molecule has 6 heterocycles. The average Bonchev–Trinajstić information content (AvgIpc) is 3.95. The highest BCUT2D eigenvalue weighted by molar-refractivity contribution is 6.03. The van der Waals surface area contributed by atoms with Crippen molar-refractivity contribution in [3.05, 3.63) is 47.7 Å². The molecule has 4 aliphatic rings. The van der Waals surface area contributed by atoms with Gasteiger partial charge in [-0.25, -0.2) is 18.0 Å². The van der Waals surface area contributed by atoms with Crippen molar-refractivity contribution >= 4 is 45.5 Å². The Balaban J connectivity index is 0.951. The van der Waals surface area contributed by atoms with Gasteiger partial charge in [0, 0.05) is 56.5 Å². The summed E-state index contributed by atoms with van der Waals surface area (Å²) in [6.07, 6.45) is 24.9. The maximum Gasteiger partial charge on any atom is 0.413 e. The number of hydrogen-bond donors (Lipinski definition) is 0. The summed E-state index contributed by atoms with van der Waals surface area (Å²) in [4.78, 5) is 57.8.